The zero-order chi connectivity index (χ0) is 13.9. The van der Waals surface area contributed by atoms with Gasteiger partial charge in [-0.1, -0.05) is 46.1 Å². The Balaban J connectivity index is 3.29. The number of rotatable bonds is 10. The maximum Gasteiger partial charge on any atom is 0.305 e. The molecule has 18 heavy (non-hydrogen) atoms. The van der Waals surface area contributed by atoms with Gasteiger partial charge in [-0.15, -0.1) is 6.58 Å². The van der Waals surface area contributed by atoms with Crippen molar-refractivity contribution < 1.29 is 9.53 Å². The Morgan fingerprint density at radius 3 is 2.33 bits per heavy atom. The number of esters is 1. The first-order valence-corrected chi connectivity index (χ1v) is 7.22. The molecule has 2 heteroatoms. The van der Waals surface area contributed by atoms with E-state index in [1.54, 1.807) is 0 Å². The third kappa shape index (κ3) is 13.3. The highest BCUT2D eigenvalue weighted by atomic mass is 16.5. The second kappa shape index (κ2) is 10.2. The Morgan fingerprint density at radius 1 is 1.11 bits per heavy atom. The zero-order valence-electron chi connectivity index (χ0n) is 12.5. The Morgan fingerprint density at radius 2 is 1.72 bits per heavy atom. The maximum absolute atomic E-state index is 11.4. The van der Waals surface area contributed by atoms with E-state index in [-0.39, 0.29) is 11.4 Å². The van der Waals surface area contributed by atoms with Gasteiger partial charge in [0.1, 0.15) is 0 Å². The third-order valence-electron chi connectivity index (χ3n) is 2.90. The van der Waals surface area contributed by atoms with Crippen molar-refractivity contribution >= 4 is 5.97 Å². The fraction of sp³-hybridized carbons (Fsp3) is 0.812. The van der Waals surface area contributed by atoms with Crippen LogP contribution in [0.5, 0.6) is 0 Å². The topological polar surface area (TPSA) is 26.3 Å². The molecule has 0 heterocycles. The summed E-state index contributed by atoms with van der Waals surface area (Å²) < 4.78 is 5.21. The van der Waals surface area contributed by atoms with Gasteiger partial charge >= 0.3 is 5.97 Å². The van der Waals surface area contributed by atoms with Gasteiger partial charge in [0.2, 0.25) is 0 Å². The van der Waals surface area contributed by atoms with Gasteiger partial charge in [-0.05, 0) is 31.1 Å². The molecular weight excluding hydrogens is 224 g/mol. The molecule has 0 saturated carbocycles. The van der Waals surface area contributed by atoms with E-state index in [1.807, 2.05) is 6.08 Å². The van der Waals surface area contributed by atoms with Gasteiger partial charge in [0, 0.05) is 6.42 Å². The van der Waals surface area contributed by atoms with Crippen LogP contribution in [0.15, 0.2) is 12.7 Å². The molecule has 0 aromatic heterocycles. The minimum atomic E-state index is -0.0367. The lowest BCUT2D eigenvalue weighted by atomic mass is 9.93. The van der Waals surface area contributed by atoms with Crippen molar-refractivity contribution in [2.24, 2.45) is 5.41 Å². The largest absolute Gasteiger partial charge is 0.466 e. The highest BCUT2D eigenvalue weighted by Crippen LogP contribution is 2.18. The summed E-state index contributed by atoms with van der Waals surface area (Å²) in [5.41, 5.74) is 0.242. The van der Waals surface area contributed by atoms with E-state index in [0.717, 1.165) is 25.7 Å². The predicted molar refractivity (Wildman–Crippen MR) is 77.5 cm³/mol. The highest BCUT2D eigenvalue weighted by Gasteiger charge is 2.11. The number of hydrogen-bond donors (Lipinski definition) is 0. The summed E-state index contributed by atoms with van der Waals surface area (Å²) in [7, 11) is 0. The summed E-state index contributed by atoms with van der Waals surface area (Å²) in [4.78, 5) is 11.4. The summed E-state index contributed by atoms with van der Waals surface area (Å²) in [5.74, 6) is -0.0367. The molecule has 0 unspecified atom stereocenters. The van der Waals surface area contributed by atoms with Gasteiger partial charge in [0.05, 0.1) is 6.61 Å². The van der Waals surface area contributed by atoms with Gasteiger partial charge in [-0.2, -0.15) is 0 Å². The number of unbranched alkanes of at least 4 members (excludes halogenated alkanes) is 5. The summed E-state index contributed by atoms with van der Waals surface area (Å²) in [6.07, 6.45) is 10.3. The molecule has 0 radical (unpaired) electrons. The summed E-state index contributed by atoms with van der Waals surface area (Å²) in [6, 6.07) is 0. The molecule has 0 spiro atoms. The molecule has 0 aromatic carbocycles. The van der Waals surface area contributed by atoms with Crippen LogP contribution in [0.2, 0.25) is 0 Å². The molecular formula is C16H30O2. The van der Waals surface area contributed by atoms with Crippen molar-refractivity contribution in [3.8, 4) is 0 Å². The lowest BCUT2D eigenvalue weighted by molar-refractivity contribution is -0.144. The lowest BCUT2D eigenvalue weighted by Crippen LogP contribution is -2.12. The first-order chi connectivity index (χ1) is 8.45. The van der Waals surface area contributed by atoms with Crippen molar-refractivity contribution in [3.05, 3.63) is 12.7 Å². The van der Waals surface area contributed by atoms with E-state index in [1.165, 1.54) is 19.3 Å². The second-order valence-electron chi connectivity index (χ2n) is 6.13. The molecule has 0 fully saturated rings. The Kier molecular flexibility index (Phi) is 9.72. The predicted octanol–water partition coefficient (Wildman–Crippen LogP) is 4.88. The first-order valence-electron chi connectivity index (χ1n) is 7.22. The first kappa shape index (κ1) is 17.2. The number of hydrogen-bond acceptors (Lipinski definition) is 2. The Labute approximate surface area is 113 Å². The normalized spacial score (nSPS) is 11.3. The molecule has 0 aliphatic rings. The van der Waals surface area contributed by atoms with Crippen molar-refractivity contribution in [3.63, 3.8) is 0 Å². The average molecular weight is 254 g/mol. The van der Waals surface area contributed by atoms with Crippen LogP contribution in [0.3, 0.4) is 0 Å². The standard InChI is InChI=1S/C16H30O2/c1-5-6-7-8-9-10-11-12-15(17)18-14-13-16(2,3)4/h5H,1,6-14H2,2-4H3. The molecule has 0 aliphatic carbocycles. The second-order valence-corrected chi connectivity index (χ2v) is 6.13. The molecule has 0 amide bonds. The van der Waals surface area contributed by atoms with E-state index in [0.29, 0.717) is 13.0 Å². The molecule has 106 valence electrons. The fourth-order valence-corrected chi connectivity index (χ4v) is 1.63. The number of ether oxygens (including phenoxy) is 1. The fourth-order valence-electron chi connectivity index (χ4n) is 1.63. The van der Waals surface area contributed by atoms with E-state index in [9.17, 15) is 4.79 Å². The Hall–Kier alpha value is -0.790. The van der Waals surface area contributed by atoms with Gasteiger partial charge in [-0.25, -0.2) is 0 Å². The van der Waals surface area contributed by atoms with Crippen molar-refractivity contribution in [1.82, 2.24) is 0 Å². The summed E-state index contributed by atoms with van der Waals surface area (Å²) in [5, 5.41) is 0. The van der Waals surface area contributed by atoms with Crippen molar-refractivity contribution in [2.45, 2.75) is 72.1 Å². The smallest absolute Gasteiger partial charge is 0.305 e. The van der Waals surface area contributed by atoms with Gasteiger partial charge < -0.3 is 4.74 Å². The monoisotopic (exact) mass is 254 g/mol. The molecule has 0 aromatic rings. The van der Waals surface area contributed by atoms with E-state index in [4.69, 9.17) is 4.74 Å². The molecule has 0 saturated heterocycles. The van der Waals surface area contributed by atoms with Crippen LogP contribution in [-0.2, 0) is 9.53 Å². The van der Waals surface area contributed by atoms with Crippen LogP contribution in [0.25, 0.3) is 0 Å². The minimum absolute atomic E-state index is 0.0367. The molecule has 0 N–H and O–H groups in total. The molecule has 0 aliphatic heterocycles. The maximum atomic E-state index is 11.4. The number of allylic oxidation sites excluding steroid dienone is 1. The lowest BCUT2D eigenvalue weighted by Gasteiger charge is -2.17. The van der Waals surface area contributed by atoms with Crippen molar-refractivity contribution in [2.75, 3.05) is 6.61 Å². The van der Waals surface area contributed by atoms with Gasteiger partial charge in [0.15, 0.2) is 0 Å². The molecule has 0 bridgehead atoms. The highest BCUT2D eigenvalue weighted by molar-refractivity contribution is 5.69. The third-order valence-corrected chi connectivity index (χ3v) is 2.90. The van der Waals surface area contributed by atoms with E-state index < -0.39 is 0 Å². The molecule has 0 atom stereocenters. The Bertz CT molecular complexity index is 226. The minimum Gasteiger partial charge on any atom is -0.466 e. The quantitative estimate of drug-likeness (QED) is 0.315. The van der Waals surface area contributed by atoms with Crippen LogP contribution in [0, 0.1) is 5.41 Å². The molecule has 0 rings (SSSR count). The molecule has 2 nitrogen and oxygen atoms in total. The van der Waals surface area contributed by atoms with E-state index in [2.05, 4.69) is 27.4 Å². The van der Waals surface area contributed by atoms with Crippen LogP contribution in [-0.4, -0.2) is 12.6 Å². The summed E-state index contributed by atoms with van der Waals surface area (Å²) in [6.45, 7) is 10.7. The number of carbonyl (C=O) groups is 1. The van der Waals surface area contributed by atoms with Crippen LogP contribution in [0.1, 0.15) is 72.1 Å². The van der Waals surface area contributed by atoms with Gasteiger partial charge in [-0.3, -0.25) is 4.79 Å². The average Bonchev–Trinajstić information content (AvgIpc) is 2.26. The van der Waals surface area contributed by atoms with E-state index >= 15 is 0 Å². The summed E-state index contributed by atoms with van der Waals surface area (Å²) >= 11 is 0. The van der Waals surface area contributed by atoms with Crippen LogP contribution in [0.4, 0.5) is 0 Å². The zero-order valence-corrected chi connectivity index (χ0v) is 12.5. The van der Waals surface area contributed by atoms with Crippen LogP contribution >= 0.6 is 0 Å². The SMILES string of the molecule is C=CCCCCCCCC(=O)OCCC(C)(C)C. The van der Waals surface area contributed by atoms with Crippen LogP contribution < -0.4 is 0 Å². The van der Waals surface area contributed by atoms with Gasteiger partial charge in [0.25, 0.3) is 0 Å². The number of carbonyl (C=O) groups excluding carboxylic acids is 1. The van der Waals surface area contributed by atoms with Crippen molar-refractivity contribution in [1.29, 1.82) is 0 Å².